The van der Waals surface area contributed by atoms with Crippen LogP contribution in [-0.2, 0) is 0 Å². The molecule has 2 rings (SSSR count). The molecule has 0 bridgehead atoms. The Morgan fingerprint density at radius 2 is 1.76 bits per heavy atom. The fourth-order valence-corrected chi connectivity index (χ4v) is 2.25. The predicted octanol–water partition coefficient (Wildman–Crippen LogP) is 3.32. The van der Waals surface area contributed by atoms with E-state index in [1.807, 2.05) is 12.1 Å². The van der Waals surface area contributed by atoms with Gasteiger partial charge in [0.2, 0.25) is 0 Å². The van der Waals surface area contributed by atoms with Gasteiger partial charge < -0.3 is 5.11 Å². The molecule has 4 heteroatoms. The highest BCUT2D eigenvalue weighted by molar-refractivity contribution is 7.12. The van der Waals surface area contributed by atoms with Crippen LogP contribution in [0.5, 0.6) is 0 Å². The van der Waals surface area contributed by atoms with Gasteiger partial charge in [0.05, 0.1) is 0 Å². The van der Waals surface area contributed by atoms with Crippen LogP contribution >= 0.6 is 11.3 Å². The van der Waals surface area contributed by atoms with E-state index >= 15 is 0 Å². The second-order valence-electron chi connectivity index (χ2n) is 3.64. The number of carboxylic acids is 1. The zero-order valence-corrected chi connectivity index (χ0v) is 9.95. The van der Waals surface area contributed by atoms with Gasteiger partial charge in [-0.15, -0.1) is 11.3 Å². The van der Waals surface area contributed by atoms with E-state index in [-0.39, 0.29) is 5.78 Å². The van der Waals surface area contributed by atoms with Crippen LogP contribution in [0.25, 0.3) is 11.1 Å². The Morgan fingerprint density at radius 3 is 2.24 bits per heavy atom. The van der Waals surface area contributed by atoms with Crippen molar-refractivity contribution in [1.29, 1.82) is 0 Å². The number of ketones is 1. The highest BCUT2D eigenvalue weighted by Crippen LogP contribution is 2.25. The lowest BCUT2D eigenvalue weighted by Crippen LogP contribution is -1.91. The summed E-state index contributed by atoms with van der Waals surface area (Å²) in [4.78, 5) is 22.2. The minimum absolute atomic E-state index is 0.0214. The summed E-state index contributed by atoms with van der Waals surface area (Å²) in [5.41, 5.74) is 2.43. The molecule has 0 aliphatic heterocycles. The normalized spacial score (nSPS) is 10.2. The van der Waals surface area contributed by atoms with Gasteiger partial charge in [0, 0.05) is 5.56 Å². The molecule has 0 fully saturated rings. The standard InChI is InChI=1S/C13H10O3S/c1-8(14)9-2-4-10(5-3-9)11-6-12(13(15)16)17-7-11/h2-7H,1H3,(H,15,16). The lowest BCUT2D eigenvalue weighted by Gasteiger charge is -1.99. The highest BCUT2D eigenvalue weighted by atomic mass is 32.1. The summed E-state index contributed by atoms with van der Waals surface area (Å²) >= 11 is 1.20. The van der Waals surface area contributed by atoms with E-state index < -0.39 is 5.97 Å². The first kappa shape index (κ1) is 11.5. The molecule has 1 N–H and O–H groups in total. The zero-order valence-electron chi connectivity index (χ0n) is 9.14. The first-order chi connectivity index (χ1) is 8.08. The molecule has 0 spiro atoms. The number of benzene rings is 1. The van der Waals surface area contributed by atoms with Gasteiger partial charge >= 0.3 is 5.97 Å². The van der Waals surface area contributed by atoms with Crippen LogP contribution in [0, 0.1) is 0 Å². The van der Waals surface area contributed by atoms with Gasteiger partial charge in [-0.05, 0) is 29.5 Å². The Balaban J connectivity index is 2.33. The predicted molar refractivity (Wildman–Crippen MR) is 66.7 cm³/mol. The topological polar surface area (TPSA) is 54.4 Å². The molecule has 0 saturated heterocycles. The van der Waals surface area contributed by atoms with Crippen LogP contribution in [-0.4, -0.2) is 16.9 Å². The largest absolute Gasteiger partial charge is 0.477 e. The third kappa shape index (κ3) is 2.42. The van der Waals surface area contributed by atoms with Crippen molar-refractivity contribution in [3.63, 3.8) is 0 Å². The Hall–Kier alpha value is -1.94. The maximum Gasteiger partial charge on any atom is 0.345 e. The first-order valence-electron chi connectivity index (χ1n) is 5.01. The monoisotopic (exact) mass is 246 g/mol. The van der Waals surface area contributed by atoms with Gasteiger partial charge in [-0.1, -0.05) is 24.3 Å². The van der Waals surface area contributed by atoms with Gasteiger partial charge in [-0.25, -0.2) is 4.79 Å². The number of rotatable bonds is 3. The number of hydrogen-bond acceptors (Lipinski definition) is 3. The van der Waals surface area contributed by atoms with Gasteiger partial charge in [-0.2, -0.15) is 0 Å². The van der Waals surface area contributed by atoms with E-state index in [1.54, 1.807) is 23.6 Å². The van der Waals surface area contributed by atoms with E-state index in [2.05, 4.69) is 0 Å². The van der Waals surface area contributed by atoms with Gasteiger partial charge in [0.25, 0.3) is 0 Å². The van der Waals surface area contributed by atoms with Crippen LogP contribution in [0.15, 0.2) is 35.7 Å². The molecule has 86 valence electrons. The maximum atomic E-state index is 11.1. The molecule has 2 aromatic rings. The SMILES string of the molecule is CC(=O)c1ccc(-c2csc(C(=O)O)c2)cc1. The van der Waals surface area contributed by atoms with E-state index in [1.165, 1.54) is 18.3 Å². The number of aromatic carboxylic acids is 1. The van der Waals surface area contributed by atoms with E-state index in [0.29, 0.717) is 10.4 Å². The molecule has 0 aliphatic carbocycles. The van der Waals surface area contributed by atoms with E-state index in [0.717, 1.165) is 11.1 Å². The van der Waals surface area contributed by atoms with Crippen LogP contribution in [0.4, 0.5) is 0 Å². The van der Waals surface area contributed by atoms with Crippen molar-refractivity contribution in [3.05, 3.63) is 46.2 Å². The average Bonchev–Trinajstić information content (AvgIpc) is 2.78. The summed E-state index contributed by atoms with van der Waals surface area (Å²) in [5, 5.41) is 10.6. The van der Waals surface area contributed by atoms with Crippen molar-refractivity contribution in [3.8, 4) is 11.1 Å². The molecule has 1 heterocycles. The van der Waals surface area contributed by atoms with Crippen molar-refractivity contribution in [2.45, 2.75) is 6.92 Å². The fraction of sp³-hybridized carbons (Fsp3) is 0.0769. The summed E-state index contributed by atoms with van der Waals surface area (Å²) in [6.07, 6.45) is 0. The van der Waals surface area contributed by atoms with Gasteiger partial charge in [-0.3, -0.25) is 4.79 Å². The minimum atomic E-state index is -0.915. The number of carbonyl (C=O) groups excluding carboxylic acids is 1. The number of thiophene rings is 1. The zero-order chi connectivity index (χ0) is 12.4. The number of carboxylic acid groups (broad SMARTS) is 1. The summed E-state index contributed by atoms with van der Waals surface area (Å²) < 4.78 is 0. The summed E-state index contributed by atoms with van der Waals surface area (Å²) in [7, 11) is 0. The third-order valence-electron chi connectivity index (χ3n) is 2.44. The van der Waals surface area contributed by atoms with Gasteiger partial charge in [0.15, 0.2) is 5.78 Å². The van der Waals surface area contributed by atoms with Crippen LogP contribution in [0.1, 0.15) is 27.0 Å². The fourth-order valence-electron chi connectivity index (χ4n) is 1.50. The molecule has 0 radical (unpaired) electrons. The molecular weight excluding hydrogens is 236 g/mol. The average molecular weight is 246 g/mol. The second kappa shape index (κ2) is 4.51. The number of hydrogen-bond donors (Lipinski definition) is 1. The Kier molecular flexibility index (Phi) is 3.06. The lowest BCUT2D eigenvalue weighted by molar-refractivity contribution is 0.0702. The van der Waals surface area contributed by atoms with Crippen LogP contribution < -0.4 is 0 Å². The van der Waals surface area contributed by atoms with Crippen LogP contribution in [0.3, 0.4) is 0 Å². The molecular formula is C13H10O3S. The van der Waals surface area contributed by atoms with Crippen molar-refractivity contribution in [2.75, 3.05) is 0 Å². The molecule has 17 heavy (non-hydrogen) atoms. The molecule has 1 aromatic carbocycles. The van der Waals surface area contributed by atoms with E-state index in [9.17, 15) is 9.59 Å². The van der Waals surface area contributed by atoms with Crippen molar-refractivity contribution >= 4 is 23.1 Å². The third-order valence-corrected chi connectivity index (χ3v) is 3.35. The van der Waals surface area contributed by atoms with Crippen molar-refractivity contribution in [2.24, 2.45) is 0 Å². The van der Waals surface area contributed by atoms with Crippen molar-refractivity contribution < 1.29 is 14.7 Å². The lowest BCUT2D eigenvalue weighted by atomic mass is 10.1. The smallest absolute Gasteiger partial charge is 0.345 e. The minimum Gasteiger partial charge on any atom is -0.477 e. The number of carbonyl (C=O) groups is 2. The summed E-state index contributed by atoms with van der Waals surface area (Å²) in [6, 6.07) is 8.77. The molecule has 0 aliphatic rings. The second-order valence-corrected chi connectivity index (χ2v) is 4.55. The Morgan fingerprint density at radius 1 is 1.12 bits per heavy atom. The van der Waals surface area contributed by atoms with Gasteiger partial charge in [0.1, 0.15) is 4.88 Å². The Bertz CT molecular complexity index is 567. The van der Waals surface area contributed by atoms with Crippen molar-refractivity contribution in [1.82, 2.24) is 0 Å². The Labute approximate surface area is 102 Å². The number of Topliss-reactive ketones (excluding diaryl/α,β-unsaturated/α-hetero) is 1. The quantitative estimate of drug-likeness (QED) is 0.845. The molecule has 0 unspecified atom stereocenters. The summed E-state index contributed by atoms with van der Waals surface area (Å²) in [6.45, 7) is 1.52. The molecule has 1 aromatic heterocycles. The maximum absolute atomic E-state index is 11.1. The first-order valence-corrected chi connectivity index (χ1v) is 5.89. The molecule has 0 atom stereocenters. The van der Waals surface area contributed by atoms with E-state index in [4.69, 9.17) is 5.11 Å². The summed E-state index contributed by atoms with van der Waals surface area (Å²) in [5.74, 6) is -0.894. The highest BCUT2D eigenvalue weighted by Gasteiger charge is 2.08. The van der Waals surface area contributed by atoms with Crippen LogP contribution in [0.2, 0.25) is 0 Å². The molecule has 0 amide bonds. The molecule has 3 nitrogen and oxygen atoms in total. The molecule has 0 saturated carbocycles.